The maximum atomic E-state index is 12.4. The summed E-state index contributed by atoms with van der Waals surface area (Å²) in [6, 6.07) is 10.7. The highest BCUT2D eigenvalue weighted by Gasteiger charge is 2.25. The summed E-state index contributed by atoms with van der Waals surface area (Å²) in [5.41, 5.74) is 0.694. The minimum Gasteiger partial charge on any atom is -0.488 e. The number of rotatable bonds is 3. The predicted molar refractivity (Wildman–Crippen MR) is 89.9 cm³/mol. The topological polar surface area (TPSA) is 54.5 Å². The third-order valence-electron chi connectivity index (χ3n) is 3.69. The number of amides is 2. The molecule has 0 aliphatic carbocycles. The Morgan fingerprint density at radius 2 is 2.13 bits per heavy atom. The van der Waals surface area contributed by atoms with Crippen LogP contribution in [-0.2, 0) is 0 Å². The Hall–Kier alpha value is -2.27. The molecule has 1 fully saturated rings. The Balaban J connectivity index is 1.58. The molecule has 1 aliphatic rings. The van der Waals surface area contributed by atoms with Crippen LogP contribution in [0.3, 0.4) is 0 Å². The number of urea groups is 1. The van der Waals surface area contributed by atoms with Gasteiger partial charge in [0.05, 0.1) is 6.54 Å². The number of hydrogen-bond acceptors (Lipinski definition) is 3. The second kappa shape index (κ2) is 7.33. The maximum absolute atomic E-state index is 12.4. The lowest BCUT2D eigenvalue weighted by molar-refractivity contribution is 0.106. The quantitative estimate of drug-likeness (QED) is 0.930. The van der Waals surface area contributed by atoms with Gasteiger partial charge < -0.3 is 15.0 Å². The molecule has 2 aromatic rings. The van der Waals surface area contributed by atoms with Crippen molar-refractivity contribution in [3.05, 3.63) is 53.8 Å². The molecule has 23 heavy (non-hydrogen) atoms. The van der Waals surface area contributed by atoms with Gasteiger partial charge in [-0.1, -0.05) is 17.7 Å². The molecule has 2 heterocycles. The van der Waals surface area contributed by atoms with Crippen molar-refractivity contribution < 1.29 is 9.53 Å². The number of aromatic nitrogens is 1. The van der Waals surface area contributed by atoms with E-state index in [0.29, 0.717) is 17.3 Å². The first-order valence-corrected chi connectivity index (χ1v) is 7.97. The van der Waals surface area contributed by atoms with Crippen molar-refractivity contribution in [3.63, 3.8) is 0 Å². The minimum atomic E-state index is -0.129. The number of ether oxygens (including phenoxy) is 1. The minimum absolute atomic E-state index is 0.00346. The van der Waals surface area contributed by atoms with Gasteiger partial charge in [0.2, 0.25) is 0 Å². The van der Waals surface area contributed by atoms with Gasteiger partial charge in [-0.3, -0.25) is 4.98 Å². The summed E-state index contributed by atoms with van der Waals surface area (Å²) in [5, 5.41) is 3.47. The third-order valence-corrected chi connectivity index (χ3v) is 3.93. The molecule has 0 saturated carbocycles. The zero-order valence-electron chi connectivity index (χ0n) is 12.6. The number of pyridine rings is 1. The predicted octanol–water partition coefficient (Wildman–Crippen LogP) is 3.81. The van der Waals surface area contributed by atoms with E-state index in [9.17, 15) is 4.79 Å². The average molecular weight is 332 g/mol. The molecule has 1 aromatic carbocycles. The Labute approximate surface area is 140 Å². The number of nitrogens with zero attached hydrogens (tertiary/aromatic N) is 2. The lowest BCUT2D eigenvalue weighted by Crippen LogP contribution is -2.46. The fourth-order valence-corrected chi connectivity index (χ4v) is 2.79. The van der Waals surface area contributed by atoms with E-state index in [-0.39, 0.29) is 12.1 Å². The summed E-state index contributed by atoms with van der Waals surface area (Å²) >= 11 is 5.94. The van der Waals surface area contributed by atoms with Crippen LogP contribution in [0.1, 0.15) is 12.8 Å². The molecule has 2 amide bonds. The Morgan fingerprint density at radius 3 is 2.91 bits per heavy atom. The standard InChI is InChI=1S/C17H18ClN3O2/c18-13-3-1-4-14(11-13)20-17(22)21-10-2-5-16(12-21)23-15-6-8-19-9-7-15/h1,3-4,6-9,11,16H,2,5,10,12H2,(H,20,22)/t16-/m1/s1. The van der Waals surface area contributed by atoms with E-state index in [1.165, 1.54) is 0 Å². The second-order valence-electron chi connectivity index (χ2n) is 5.45. The van der Waals surface area contributed by atoms with Crippen molar-refractivity contribution in [1.29, 1.82) is 0 Å². The Bertz CT molecular complexity index is 666. The Morgan fingerprint density at radius 1 is 1.30 bits per heavy atom. The molecule has 3 rings (SSSR count). The van der Waals surface area contributed by atoms with Gasteiger partial charge in [0.1, 0.15) is 11.9 Å². The summed E-state index contributed by atoms with van der Waals surface area (Å²) in [5.74, 6) is 0.780. The third kappa shape index (κ3) is 4.36. The smallest absolute Gasteiger partial charge is 0.321 e. The van der Waals surface area contributed by atoms with Crippen LogP contribution in [0.25, 0.3) is 0 Å². The molecule has 1 N–H and O–H groups in total. The van der Waals surface area contributed by atoms with Crippen LogP contribution in [0, 0.1) is 0 Å². The van der Waals surface area contributed by atoms with E-state index in [0.717, 1.165) is 25.1 Å². The van der Waals surface area contributed by atoms with Gasteiger partial charge >= 0.3 is 6.03 Å². The number of carbonyl (C=O) groups excluding carboxylic acids is 1. The number of hydrogen-bond donors (Lipinski definition) is 1. The molecule has 0 unspecified atom stereocenters. The first kappa shape index (κ1) is 15.6. The maximum Gasteiger partial charge on any atom is 0.321 e. The lowest BCUT2D eigenvalue weighted by atomic mass is 10.1. The van der Waals surface area contributed by atoms with Gasteiger partial charge in [-0.05, 0) is 43.2 Å². The van der Waals surface area contributed by atoms with Crippen LogP contribution in [-0.4, -0.2) is 35.1 Å². The number of piperidine rings is 1. The number of anilines is 1. The molecule has 6 heteroatoms. The highest BCUT2D eigenvalue weighted by atomic mass is 35.5. The number of nitrogens with one attached hydrogen (secondary N) is 1. The van der Waals surface area contributed by atoms with Crippen molar-refractivity contribution in [1.82, 2.24) is 9.88 Å². The SMILES string of the molecule is O=C(Nc1cccc(Cl)c1)N1CCC[C@@H](Oc2ccncc2)C1. The molecule has 0 bridgehead atoms. The molecule has 120 valence electrons. The molecule has 1 aliphatic heterocycles. The van der Waals surface area contributed by atoms with Gasteiger partial charge in [-0.25, -0.2) is 4.79 Å². The summed E-state index contributed by atoms with van der Waals surface area (Å²) in [6.45, 7) is 1.29. The van der Waals surface area contributed by atoms with E-state index in [1.807, 2.05) is 24.3 Å². The van der Waals surface area contributed by atoms with Crippen LogP contribution in [0.5, 0.6) is 5.75 Å². The summed E-state index contributed by atoms with van der Waals surface area (Å²) < 4.78 is 5.92. The highest BCUT2D eigenvalue weighted by Crippen LogP contribution is 2.19. The van der Waals surface area contributed by atoms with Gasteiger partial charge in [0, 0.05) is 29.6 Å². The second-order valence-corrected chi connectivity index (χ2v) is 5.89. The van der Waals surface area contributed by atoms with Gasteiger partial charge in [-0.2, -0.15) is 0 Å². The Kier molecular flexibility index (Phi) is 4.98. The van der Waals surface area contributed by atoms with E-state index in [4.69, 9.17) is 16.3 Å². The normalized spacial score (nSPS) is 17.6. The van der Waals surface area contributed by atoms with Gasteiger partial charge in [0.15, 0.2) is 0 Å². The zero-order valence-corrected chi connectivity index (χ0v) is 13.4. The van der Waals surface area contributed by atoms with Crippen LogP contribution >= 0.6 is 11.6 Å². The molecule has 1 aromatic heterocycles. The van der Waals surface area contributed by atoms with E-state index in [2.05, 4.69) is 10.3 Å². The molecular weight excluding hydrogens is 314 g/mol. The molecular formula is C17H18ClN3O2. The molecule has 0 radical (unpaired) electrons. The summed E-state index contributed by atoms with van der Waals surface area (Å²) in [7, 11) is 0. The van der Waals surface area contributed by atoms with E-state index >= 15 is 0 Å². The molecule has 5 nitrogen and oxygen atoms in total. The van der Waals surface area contributed by atoms with Crippen molar-refractivity contribution >= 4 is 23.3 Å². The summed E-state index contributed by atoms with van der Waals surface area (Å²) in [6.07, 6.45) is 5.24. The van der Waals surface area contributed by atoms with Gasteiger partial charge in [-0.15, -0.1) is 0 Å². The molecule has 0 spiro atoms. The number of carbonyl (C=O) groups is 1. The lowest BCUT2D eigenvalue weighted by Gasteiger charge is -2.32. The summed E-state index contributed by atoms with van der Waals surface area (Å²) in [4.78, 5) is 18.1. The van der Waals surface area contributed by atoms with E-state index in [1.54, 1.807) is 29.4 Å². The van der Waals surface area contributed by atoms with Crippen LogP contribution in [0.2, 0.25) is 5.02 Å². The zero-order chi connectivity index (χ0) is 16.1. The largest absolute Gasteiger partial charge is 0.488 e. The van der Waals surface area contributed by atoms with Crippen molar-refractivity contribution in [3.8, 4) is 5.75 Å². The first-order chi connectivity index (χ1) is 11.2. The van der Waals surface area contributed by atoms with E-state index < -0.39 is 0 Å². The fourth-order valence-electron chi connectivity index (χ4n) is 2.60. The number of halogens is 1. The molecule has 1 saturated heterocycles. The number of likely N-dealkylation sites (tertiary alicyclic amines) is 1. The van der Waals surface area contributed by atoms with Crippen LogP contribution in [0.15, 0.2) is 48.8 Å². The van der Waals surface area contributed by atoms with Crippen molar-refractivity contribution in [2.24, 2.45) is 0 Å². The van der Waals surface area contributed by atoms with Crippen molar-refractivity contribution in [2.75, 3.05) is 18.4 Å². The average Bonchev–Trinajstić information content (AvgIpc) is 2.56. The highest BCUT2D eigenvalue weighted by molar-refractivity contribution is 6.30. The first-order valence-electron chi connectivity index (χ1n) is 7.59. The van der Waals surface area contributed by atoms with Crippen molar-refractivity contribution in [2.45, 2.75) is 18.9 Å². The van der Waals surface area contributed by atoms with Gasteiger partial charge in [0.25, 0.3) is 0 Å². The molecule has 1 atom stereocenters. The van der Waals surface area contributed by atoms with Crippen LogP contribution < -0.4 is 10.1 Å². The van der Waals surface area contributed by atoms with Crippen LogP contribution in [0.4, 0.5) is 10.5 Å². The monoisotopic (exact) mass is 331 g/mol. The fraction of sp³-hybridized carbons (Fsp3) is 0.294. The number of benzene rings is 1.